The molecule has 0 aromatic heterocycles. The number of aliphatic carboxylic acids is 1. The number of benzene rings is 1. The van der Waals surface area contributed by atoms with Crippen LogP contribution in [0.2, 0.25) is 5.02 Å². The molecule has 0 heterocycles. The maximum Gasteiger partial charge on any atom is 0.323 e. The van der Waals surface area contributed by atoms with E-state index >= 15 is 0 Å². The van der Waals surface area contributed by atoms with Crippen LogP contribution in [0, 0.1) is 19.3 Å². The number of anilines is 1. The Labute approximate surface area is 116 Å². The highest BCUT2D eigenvalue weighted by Gasteiger charge is 2.17. The third kappa shape index (κ3) is 4.19. The lowest BCUT2D eigenvalue weighted by atomic mass is 10.2. The molecule has 1 rings (SSSR count). The summed E-state index contributed by atoms with van der Waals surface area (Å²) in [5.74, 6) is 1.10. The van der Waals surface area contributed by atoms with Crippen molar-refractivity contribution < 1.29 is 14.7 Å². The molecule has 19 heavy (non-hydrogen) atoms. The molecule has 0 saturated carbocycles. The quantitative estimate of drug-likeness (QED) is 0.831. The molecule has 0 atom stereocenters. The number of hydrogen-bond acceptors (Lipinski definition) is 2. The van der Waals surface area contributed by atoms with Gasteiger partial charge in [-0.3, -0.25) is 4.79 Å². The van der Waals surface area contributed by atoms with Crippen LogP contribution in [0.5, 0.6) is 0 Å². The first kappa shape index (κ1) is 14.9. The van der Waals surface area contributed by atoms with E-state index in [0.29, 0.717) is 10.7 Å². The lowest BCUT2D eigenvalue weighted by molar-refractivity contribution is -0.137. The third-order valence-corrected chi connectivity index (χ3v) is 2.66. The molecule has 1 aromatic carbocycles. The SMILES string of the molecule is C#CCN(CC(=O)O)C(=O)Nc1c(C)cccc1Cl. The van der Waals surface area contributed by atoms with E-state index < -0.39 is 18.5 Å². The Morgan fingerprint density at radius 2 is 2.21 bits per heavy atom. The number of halogens is 1. The van der Waals surface area contributed by atoms with E-state index in [2.05, 4.69) is 11.2 Å². The van der Waals surface area contributed by atoms with Crippen LogP contribution in [0.1, 0.15) is 5.56 Å². The molecule has 6 heteroatoms. The van der Waals surface area contributed by atoms with Crippen molar-refractivity contribution in [2.75, 3.05) is 18.4 Å². The number of carboxylic acids is 1. The van der Waals surface area contributed by atoms with Crippen molar-refractivity contribution in [1.82, 2.24) is 4.90 Å². The zero-order chi connectivity index (χ0) is 14.4. The van der Waals surface area contributed by atoms with Crippen LogP contribution in [-0.2, 0) is 4.79 Å². The fraction of sp³-hybridized carbons (Fsp3) is 0.231. The van der Waals surface area contributed by atoms with Gasteiger partial charge in [0.05, 0.1) is 17.3 Å². The van der Waals surface area contributed by atoms with Crippen LogP contribution in [0.3, 0.4) is 0 Å². The Morgan fingerprint density at radius 1 is 1.53 bits per heavy atom. The number of hydrogen-bond donors (Lipinski definition) is 2. The molecule has 2 N–H and O–H groups in total. The molecule has 0 radical (unpaired) electrons. The van der Waals surface area contributed by atoms with Crippen molar-refractivity contribution in [2.24, 2.45) is 0 Å². The number of para-hydroxylation sites is 1. The largest absolute Gasteiger partial charge is 0.480 e. The first-order chi connectivity index (χ1) is 8.95. The minimum atomic E-state index is -1.14. The van der Waals surface area contributed by atoms with Gasteiger partial charge in [-0.2, -0.15) is 0 Å². The topological polar surface area (TPSA) is 69.6 Å². The third-order valence-electron chi connectivity index (χ3n) is 2.35. The predicted molar refractivity (Wildman–Crippen MR) is 73.2 cm³/mol. The number of nitrogens with one attached hydrogen (secondary N) is 1. The first-order valence-corrected chi connectivity index (χ1v) is 5.79. The van der Waals surface area contributed by atoms with Crippen LogP contribution in [0.25, 0.3) is 0 Å². The monoisotopic (exact) mass is 280 g/mol. The summed E-state index contributed by atoms with van der Waals surface area (Å²) in [5.41, 5.74) is 1.22. The zero-order valence-corrected chi connectivity index (χ0v) is 11.1. The van der Waals surface area contributed by atoms with E-state index in [0.717, 1.165) is 10.5 Å². The first-order valence-electron chi connectivity index (χ1n) is 5.42. The van der Waals surface area contributed by atoms with E-state index in [4.69, 9.17) is 23.1 Å². The molecule has 0 spiro atoms. The number of carbonyl (C=O) groups is 2. The number of aryl methyl sites for hydroxylation is 1. The summed E-state index contributed by atoms with van der Waals surface area (Å²) in [7, 11) is 0. The van der Waals surface area contributed by atoms with Gasteiger partial charge in [0.25, 0.3) is 0 Å². The summed E-state index contributed by atoms with van der Waals surface area (Å²) >= 11 is 5.97. The van der Waals surface area contributed by atoms with Gasteiger partial charge < -0.3 is 15.3 Å². The van der Waals surface area contributed by atoms with Gasteiger partial charge in [-0.1, -0.05) is 29.7 Å². The van der Waals surface area contributed by atoms with Gasteiger partial charge in [0.1, 0.15) is 6.54 Å². The average Bonchev–Trinajstić information content (AvgIpc) is 2.32. The Balaban J connectivity index is 2.87. The van der Waals surface area contributed by atoms with E-state index in [9.17, 15) is 9.59 Å². The summed E-state index contributed by atoms with van der Waals surface area (Å²) in [5, 5.41) is 11.7. The molecule has 5 nitrogen and oxygen atoms in total. The molecule has 0 aliphatic rings. The van der Waals surface area contributed by atoms with Gasteiger partial charge in [-0.05, 0) is 18.6 Å². The fourth-order valence-electron chi connectivity index (χ4n) is 1.45. The summed E-state index contributed by atoms with van der Waals surface area (Å²) in [6.45, 7) is 1.21. The van der Waals surface area contributed by atoms with E-state index in [1.54, 1.807) is 25.1 Å². The molecule has 1 aromatic rings. The lowest BCUT2D eigenvalue weighted by Crippen LogP contribution is -2.39. The summed E-state index contributed by atoms with van der Waals surface area (Å²) in [4.78, 5) is 23.6. The van der Waals surface area contributed by atoms with Gasteiger partial charge >= 0.3 is 12.0 Å². The molecular weight excluding hydrogens is 268 g/mol. The van der Waals surface area contributed by atoms with Crippen LogP contribution in [0.4, 0.5) is 10.5 Å². The minimum absolute atomic E-state index is 0.0956. The fourth-order valence-corrected chi connectivity index (χ4v) is 1.72. The number of rotatable bonds is 4. The Bertz CT molecular complexity index is 517. The van der Waals surface area contributed by atoms with E-state index in [1.807, 2.05) is 0 Å². The number of carboxylic acid groups (broad SMARTS) is 1. The van der Waals surface area contributed by atoms with Gasteiger partial charge in [-0.15, -0.1) is 6.42 Å². The Hall–Kier alpha value is -2.19. The molecule has 0 fully saturated rings. The highest BCUT2D eigenvalue weighted by Crippen LogP contribution is 2.25. The smallest absolute Gasteiger partial charge is 0.323 e. The van der Waals surface area contributed by atoms with Crippen molar-refractivity contribution >= 4 is 29.3 Å². The number of carbonyl (C=O) groups excluding carboxylic acids is 1. The van der Waals surface area contributed by atoms with Crippen molar-refractivity contribution in [3.8, 4) is 12.3 Å². The van der Waals surface area contributed by atoms with Gasteiger partial charge in [0, 0.05) is 0 Å². The molecular formula is C13H13ClN2O3. The van der Waals surface area contributed by atoms with Gasteiger partial charge in [0.2, 0.25) is 0 Å². The zero-order valence-electron chi connectivity index (χ0n) is 10.3. The van der Waals surface area contributed by atoms with Crippen LogP contribution < -0.4 is 5.32 Å². The Morgan fingerprint density at radius 3 is 2.74 bits per heavy atom. The second-order valence-electron chi connectivity index (χ2n) is 3.82. The highest BCUT2D eigenvalue weighted by molar-refractivity contribution is 6.33. The second-order valence-corrected chi connectivity index (χ2v) is 4.22. The number of amides is 2. The minimum Gasteiger partial charge on any atom is -0.480 e. The lowest BCUT2D eigenvalue weighted by Gasteiger charge is -2.19. The molecule has 100 valence electrons. The molecule has 0 aliphatic heterocycles. The van der Waals surface area contributed by atoms with E-state index in [-0.39, 0.29) is 6.54 Å². The number of terminal acetylenes is 1. The van der Waals surface area contributed by atoms with Crippen LogP contribution in [0.15, 0.2) is 18.2 Å². The van der Waals surface area contributed by atoms with Crippen molar-refractivity contribution in [3.05, 3.63) is 28.8 Å². The summed E-state index contributed by atoms with van der Waals surface area (Å²) in [6, 6.07) is 4.57. The predicted octanol–water partition coefficient (Wildman–Crippen LogP) is 2.20. The van der Waals surface area contributed by atoms with Crippen molar-refractivity contribution in [1.29, 1.82) is 0 Å². The van der Waals surface area contributed by atoms with Gasteiger partial charge in [-0.25, -0.2) is 4.79 Å². The molecule has 0 saturated heterocycles. The van der Waals surface area contributed by atoms with E-state index in [1.165, 1.54) is 0 Å². The summed E-state index contributed by atoms with van der Waals surface area (Å²) in [6.07, 6.45) is 5.11. The molecule has 0 aliphatic carbocycles. The second kappa shape index (κ2) is 6.66. The molecule has 0 bridgehead atoms. The average molecular weight is 281 g/mol. The van der Waals surface area contributed by atoms with Crippen molar-refractivity contribution in [2.45, 2.75) is 6.92 Å². The van der Waals surface area contributed by atoms with Crippen LogP contribution >= 0.6 is 11.6 Å². The number of nitrogens with zero attached hydrogens (tertiary/aromatic N) is 1. The standard InChI is InChI=1S/C13H13ClN2O3/c1-3-7-16(8-11(17)18)13(19)15-12-9(2)5-4-6-10(12)14/h1,4-6H,7-8H2,2H3,(H,15,19)(H,17,18). The highest BCUT2D eigenvalue weighted by atomic mass is 35.5. The maximum atomic E-state index is 11.9. The maximum absolute atomic E-state index is 11.9. The molecule has 0 unspecified atom stereocenters. The van der Waals surface area contributed by atoms with Crippen LogP contribution in [-0.4, -0.2) is 35.1 Å². The number of urea groups is 1. The molecule has 2 amide bonds. The Kier molecular flexibility index (Phi) is 5.22. The normalized spacial score (nSPS) is 9.53. The van der Waals surface area contributed by atoms with Gasteiger partial charge in [0.15, 0.2) is 0 Å². The van der Waals surface area contributed by atoms with Crippen molar-refractivity contribution in [3.63, 3.8) is 0 Å². The summed E-state index contributed by atoms with van der Waals surface area (Å²) < 4.78 is 0.